The number of alkyl halides is 6. The van der Waals surface area contributed by atoms with Crippen molar-refractivity contribution in [2.75, 3.05) is 0 Å². The van der Waals surface area contributed by atoms with Gasteiger partial charge in [0.2, 0.25) is 5.78 Å². The van der Waals surface area contributed by atoms with Gasteiger partial charge < -0.3 is 0 Å². The Kier molecular flexibility index (Phi) is 7.44. The van der Waals surface area contributed by atoms with Gasteiger partial charge in [-0.05, 0) is 35.4 Å². The number of carbonyl (C=O) groups excluding carboxylic acids is 1. The van der Waals surface area contributed by atoms with E-state index in [2.05, 4.69) is 10.3 Å². The van der Waals surface area contributed by atoms with Crippen molar-refractivity contribution in [2.24, 2.45) is 0 Å². The molecule has 0 saturated heterocycles. The highest BCUT2D eigenvalue weighted by molar-refractivity contribution is 6.33. The van der Waals surface area contributed by atoms with Gasteiger partial charge in [-0.1, -0.05) is 89.6 Å². The molecule has 41 heavy (non-hydrogen) atoms. The lowest BCUT2D eigenvalue weighted by Crippen LogP contribution is -2.13. The number of halogens is 7. The Morgan fingerprint density at radius 3 is 1.90 bits per heavy atom. The second kappa shape index (κ2) is 10.9. The summed E-state index contributed by atoms with van der Waals surface area (Å²) < 4.78 is 81.9. The number of ketones is 1. The quantitative estimate of drug-likeness (QED) is 0.148. The minimum absolute atomic E-state index is 0.0591. The summed E-state index contributed by atoms with van der Waals surface area (Å²) in [5, 5.41) is 8.45. The van der Waals surface area contributed by atoms with Crippen molar-refractivity contribution in [3.63, 3.8) is 0 Å². The molecule has 0 N–H and O–H groups in total. The summed E-state index contributed by atoms with van der Waals surface area (Å²) in [5.74, 6) is -0.550. The number of aromatic nitrogens is 3. The van der Waals surface area contributed by atoms with Gasteiger partial charge in [0.25, 0.3) is 0 Å². The number of rotatable bonds is 6. The van der Waals surface area contributed by atoms with Crippen LogP contribution in [0.5, 0.6) is 0 Å². The van der Waals surface area contributed by atoms with Gasteiger partial charge >= 0.3 is 12.4 Å². The standard InChI is InChI=1S/C30H18ClF6N3O/c31-25-13-7-6-11-23(25)22-10-4-5-12-24(22)28(41)26-27(19-8-2-1-3-9-19)40(39-38-26)17-18-14-20(29(32,33)34)16-21(15-18)30(35,36)37/h1-16H,17H2. The molecule has 0 amide bonds. The summed E-state index contributed by atoms with van der Waals surface area (Å²) in [4.78, 5) is 13.9. The molecule has 0 spiro atoms. The molecule has 1 heterocycles. The molecule has 4 aromatic carbocycles. The summed E-state index contributed by atoms with van der Waals surface area (Å²) in [6.07, 6.45) is -10.0. The Labute approximate surface area is 234 Å². The lowest BCUT2D eigenvalue weighted by molar-refractivity contribution is -0.143. The maximum Gasteiger partial charge on any atom is 0.416 e. The van der Waals surface area contributed by atoms with E-state index in [1.165, 1.54) is 0 Å². The molecule has 11 heteroatoms. The highest BCUT2D eigenvalue weighted by Crippen LogP contribution is 2.37. The molecule has 1 aromatic heterocycles. The molecule has 0 radical (unpaired) electrons. The highest BCUT2D eigenvalue weighted by Gasteiger charge is 2.37. The molecule has 208 valence electrons. The van der Waals surface area contributed by atoms with Gasteiger partial charge in [0.1, 0.15) is 5.69 Å². The third kappa shape index (κ3) is 5.88. The van der Waals surface area contributed by atoms with Crippen LogP contribution in [0.15, 0.2) is 97.1 Å². The average Bonchev–Trinajstić information content (AvgIpc) is 3.35. The Hall–Kier alpha value is -4.44. The van der Waals surface area contributed by atoms with Crippen molar-refractivity contribution in [1.29, 1.82) is 0 Å². The SMILES string of the molecule is O=C(c1ccccc1-c1ccccc1Cl)c1nnn(Cc2cc(C(F)(F)F)cc(C(F)(F)F)c2)c1-c1ccccc1. The minimum atomic E-state index is -5.01. The monoisotopic (exact) mass is 585 g/mol. The van der Waals surface area contributed by atoms with Crippen LogP contribution >= 0.6 is 11.6 Å². The first kappa shape index (κ1) is 28.1. The first-order valence-electron chi connectivity index (χ1n) is 12.1. The van der Waals surface area contributed by atoms with Gasteiger partial charge in [0.15, 0.2) is 5.69 Å². The van der Waals surface area contributed by atoms with E-state index in [0.29, 0.717) is 33.8 Å². The van der Waals surface area contributed by atoms with Gasteiger partial charge in [-0.3, -0.25) is 4.79 Å². The van der Waals surface area contributed by atoms with Gasteiger partial charge in [0, 0.05) is 21.7 Å². The molecule has 0 saturated carbocycles. The van der Waals surface area contributed by atoms with E-state index in [1.54, 1.807) is 78.9 Å². The van der Waals surface area contributed by atoms with E-state index < -0.39 is 35.8 Å². The van der Waals surface area contributed by atoms with Crippen molar-refractivity contribution in [3.8, 4) is 22.4 Å². The zero-order valence-corrected chi connectivity index (χ0v) is 21.6. The fraction of sp³-hybridized carbons (Fsp3) is 0.100. The second-order valence-electron chi connectivity index (χ2n) is 9.08. The maximum atomic E-state index is 13.9. The van der Waals surface area contributed by atoms with E-state index in [1.807, 2.05) is 0 Å². The van der Waals surface area contributed by atoms with Crippen LogP contribution < -0.4 is 0 Å². The summed E-state index contributed by atoms with van der Waals surface area (Å²) in [7, 11) is 0. The van der Waals surface area contributed by atoms with Crippen molar-refractivity contribution in [2.45, 2.75) is 18.9 Å². The van der Waals surface area contributed by atoms with Crippen LogP contribution in [-0.4, -0.2) is 20.8 Å². The molecule has 0 aliphatic heterocycles. The van der Waals surface area contributed by atoms with Gasteiger partial charge in [-0.15, -0.1) is 5.10 Å². The Morgan fingerprint density at radius 1 is 0.732 bits per heavy atom. The number of hydrogen-bond acceptors (Lipinski definition) is 3. The van der Waals surface area contributed by atoms with Crippen molar-refractivity contribution >= 4 is 17.4 Å². The Balaban J connectivity index is 1.64. The molecule has 0 bridgehead atoms. The summed E-state index contributed by atoms with van der Waals surface area (Å²) in [6, 6.07) is 23.2. The van der Waals surface area contributed by atoms with Crippen molar-refractivity contribution in [1.82, 2.24) is 15.0 Å². The third-order valence-electron chi connectivity index (χ3n) is 6.31. The van der Waals surface area contributed by atoms with Crippen LogP contribution in [-0.2, 0) is 18.9 Å². The van der Waals surface area contributed by atoms with E-state index in [-0.39, 0.29) is 28.6 Å². The zero-order valence-electron chi connectivity index (χ0n) is 20.8. The molecule has 0 fully saturated rings. The number of benzene rings is 4. The maximum absolute atomic E-state index is 13.9. The Morgan fingerprint density at radius 2 is 1.29 bits per heavy atom. The molecule has 0 aliphatic carbocycles. The molecular weight excluding hydrogens is 568 g/mol. The predicted octanol–water partition coefficient (Wildman–Crippen LogP) is 8.58. The zero-order chi connectivity index (χ0) is 29.4. The molecular formula is C30H18ClF6N3O. The lowest BCUT2D eigenvalue weighted by atomic mass is 9.94. The summed E-state index contributed by atoms with van der Waals surface area (Å²) in [6.45, 7) is -0.510. The van der Waals surface area contributed by atoms with Crippen LogP contribution in [0, 0.1) is 0 Å². The van der Waals surface area contributed by atoms with Crippen LogP contribution in [0.2, 0.25) is 5.02 Å². The minimum Gasteiger partial charge on any atom is -0.287 e. The number of nitrogens with zero attached hydrogens (tertiary/aromatic N) is 3. The first-order valence-corrected chi connectivity index (χ1v) is 12.5. The van der Waals surface area contributed by atoms with E-state index >= 15 is 0 Å². The fourth-order valence-corrected chi connectivity index (χ4v) is 4.70. The molecule has 5 aromatic rings. The number of carbonyl (C=O) groups is 1. The summed E-state index contributed by atoms with van der Waals surface area (Å²) >= 11 is 6.39. The van der Waals surface area contributed by atoms with E-state index in [0.717, 1.165) is 4.68 Å². The van der Waals surface area contributed by atoms with Crippen molar-refractivity contribution in [3.05, 3.63) is 130 Å². The molecule has 0 atom stereocenters. The first-order chi connectivity index (χ1) is 19.4. The van der Waals surface area contributed by atoms with E-state index in [9.17, 15) is 31.1 Å². The average molecular weight is 586 g/mol. The van der Waals surface area contributed by atoms with Crippen LogP contribution in [0.3, 0.4) is 0 Å². The molecule has 0 unspecified atom stereocenters. The van der Waals surface area contributed by atoms with E-state index in [4.69, 9.17) is 11.6 Å². The van der Waals surface area contributed by atoms with Gasteiger partial charge in [-0.2, -0.15) is 26.3 Å². The van der Waals surface area contributed by atoms with Crippen molar-refractivity contribution < 1.29 is 31.1 Å². The predicted molar refractivity (Wildman–Crippen MR) is 141 cm³/mol. The topological polar surface area (TPSA) is 47.8 Å². The lowest BCUT2D eigenvalue weighted by Gasteiger charge is -2.15. The van der Waals surface area contributed by atoms with Gasteiger partial charge in [0.05, 0.1) is 17.7 Å². The molecule has 4 nitrogen and oxygen atoms in total. The van der Waals surface area contributed by atoms with Gasteiger partial charge in [-0.25, -0.2) is 4.68 Å². The normalized spacial score (nSPS) is 12.0. The molecule has 0 aliphatic rings. The number of hydrogen-bond donors (Lipinski definition) is 0. The van der Waals surface area contributed by atoms with Crippen LogP contribution in [0.25, 0.3) is 22.4 Å². The highest BCUT2D eigenvalue weighted by atomic mass is 35.5. The smallest absolute Gasteiger partial charge is 0.287 e. The van der Waals surface area contributed by atoms with Crippen LogP contribution in [0.1, 0.15) is 32.7 Å². The molecule has 5 rings (SSSR count). The second-order valence-corrected chi connectivity index (χ2v) is 9.49. The van der Waals surface area contributed by atoms with Crippen LogP contribution in [0.4, 0.5) is 26.3 Å². The Bertz CT molecular complexity index is 1700. The fourth-order valence-electron chi connectivity index (χ4n) is 4.47. The third-order valence-corrected chi connectivity index (χ3v) is 6.64. The summed E-state index contributed by atoms with van der Waals surface area (Å²) in [5.41, 5.74) is -1.41. The largest absolute Gasteiger partial charge is 0.416 e.